The summed E-state index contributed by atoms with van der Waals surface area (Å²) >= 11 is 0. The van der Waals surface area contributed by atoms with E-state index in [4.69, 9.17) is 14.2 Å². The first-order chi connectivity index (χ1) is 7.03. The Morgan fingerprint density at radius 1 is 1.53 bits per heavy atom. The normalized spacial score (nSPS) is 26.8. The molecule has 0 amide bonds. The van der Waals surface area contributed by atoms with Crippen LogP contribution in [0.15, 0.2) is 0 Å². The summed E-state index contributed by atoms with van der Waals surface area (Å²) in [6.07, 6.45) is 0.176. The van der Waals surface area contributed by atoms with E-state index >= 15 is 0 Å². The third-order valence-electron chi connectivity index (χ3n) is 2.38. The van der Waals surface area contributed by atoms with Crippen molar-refractivity contribution in [3.8, 4) is 0 Å². The number of methoxy groups -OCH3 is 1. The van der Waals surface area contributed by atoms with E-state index in [2.05, 4.69) is 12.2 Å². The van der Waals surface area contributed by atoms with Gasteiger partial charge >= 0.3 is 0 Å². The van der Waals surface area contributed by atoms with E-state index in [9.17, 15) is 0 Å². The van der Waals surface area contributed by atoms with Crippen LogP contribution in [-0.4, -0.2) is 45.3 Å². The molecule has 4 nitrogen and oxygen atoms in total. The monoisotopic (exact) mass is 217 g/mol. The van der Waals surface area contributed by atoms with Gasteiger partial charge in [-0.25, -0.2) is 0 Å². The van der Waals surface area contributed by atoms with E-state index < -0.39 is 5.79 Å². The summed E-state index contributed by atoms with van der Waals surface area (Å²) in [6, 6.07) is 0. The fourth-order valence-electron chi connectivity index (χ4n) is 1.70. The molecule has 1 saturated heterocycles. The molecule has 0 aromatic rings. The summed E-state index contributed by atoms with van der Waals surface area (Å²) in [5.41, 5.74) is 0. The Hall–Kier alpha value is -0.160. The molecule has 0 bridgehead atoms. The second kappa shape index (κ2) is 5.80. The Morgan fingerprint density at radius 2 is 2.27 bits per heavy atom. The highest BCUT2D eigenvalue weighted by Gasteiger charge is 2.32. The van der Waals surface area contributed by atoms with Crippen molar-refractivity contribution in [2.45, 2.75) is 32.7 Å². The summed E-state index contributed by atoms with van der Waals surface area (Å²) in [5, 5.41) is 3.36. The highest BCUT2D eigenvalue weighted by atomic mass is 16.7. The highest BCUT2D eigenvalue weighted by Crippen LogP contribution is 2.21. The average Bonchev–Trinajstić information content (AvgIpc) is 2.46. The van der Waals surface area contributed by atoms with E-state index in [0.29, 0.717) is 12.5 Å². The van der Waals surface area contributed by atoms with Crippen LogP contribution in [0.4, 0.5) is 0 Å². The number of hydrogen-bond acceptors (Lipinski definition) is 4. The van der Waals surface area contributed by atoms with Gasteiger partial charge < -0.3 is 19.5 Å². The predicted molar refractivity (Wildman–Crippen MR) is 58.8 cm³/mol. The minimum absolute atomic E-state index is 0.176. The zero-order valence-electron chi connectivity index (χ0n) is 10.2. The van der Waals surface area contributed by atoms with Crippen LogP contribution in [0.25, 0.3) is 0 Å². The van der Waals surface area contributed by atoms with E-state index in [1.807, 2.05) is 13.8 Å². The van der Waals surface area contributed by atoms with Gasteiger partial charge in [0.1, 0.15) is 0 Å². The number of nitrogens with one attached hydrogen (secondary N) is 1. The Kier molecular flexibility index (Phi) is 4.99. The molecule has 1 N–H and O–H groups in total. The molecular weight excluding hydrogens is 194 g/mol. The molecular formula is C11H23NO3. The van der Waals surface area contributed by atoms with E-state index in [-0.39, 0.29) is 6.10 Å². The van der Waals surface area contributed by atoms with Crippen LogP contribution >= 0.6 is 0 Å². The van der Waals surface area contributed by atoms with E-state index in [1.165, 1.54) is 0 Å². The van der Waals surface area contributed by atoms with Crippen molar-refractivity contribution >= 4 is 0 Å². The largest absolute Gasteiger partial charge is 0.384 e. The van der Waals surface area contributed by atoms with Crippen molar-refractivity contribution in [1.29, 1.82) is 0 Å². The van der Waals surface area contributed by atoms with E-state index in [1.54, 1.807) is 7.11 Å². The highest BCUT2D eigenvalue weighted by molar-refractivity contribution is 4.73. The topological polar surface area (TPSA) is 39.7 Å². The Labute approximate surface area is 92.3 Å². The molecule has 1 heterocycles. The van der Waals surface area contributed by atoms with Crippen molar-refractivity contribution in [3.05, 3.63) is 0 Å². The molecule has 0 radical (unpaired) electrons. The summed E-state index contributed by atoms with van der Waals surface area (Å²) in [5.74, 6) is 0.121. The first kappa shape index (κ1) is 12.9. The molecule has 2 atom stereocenters. The van der Waals surface area contributed by atoms with Gasteiger partial charge in [-0.2, -0.15) is 0 Å². The van der Waals surface area contributed by atoms with Gasteiger partial charge in [0.25, 0.3) is 0 Å². The summed E-state index contributed by atoms with van der Waals surface area (Å²) < 4.78 is 16.2. The number of hydrogen-bond donors (Lipinski definition) is 1. The average molecular weight is 217 g/mol. The van der Waals surface area contributed by atoms with Gasteiger partial charge in [-0.05, 0) is 26.3 Å². The summed E-state index contributed by atoms with van der Waals surface area (Å²) in [7, 11) is 1.73. The van der Waals surface area contributed by atoms with Crippen molar-refractivity contribution in [2.24, 2.45) is 5.92 Å². The lowest BCUT2D eigenvalue weighted by atomic mass is 10.2. The van der Waals surface area contributed by atoms with Gasteiger partial charge in [-0.15, -0.1) is 0 Å². The lowest BCUT2D eigenvalue weighted by Crippen LogP contribution is -2.33. The first-order valence-corrected chi connectivity index (χ1v) is 5.55. The van der Waals surface area contributed by atoms with Crippen molar-refractivity contribution < 1.29 is 14.2 Å². The van der Waals surface area contributed by atoms with Crippen LogP contribution in [0.2, 0.25) is 0 Å². The molecule has 4 heteroatoms. The SMILES string of the molecule is COCC(C)CNCC1COC(C)(C)O1. The van der Waals surface area contributed by atoms with E-state index in [0.717, 1.165) is 19.7 Å². The van der Waals surface area contributed by atoms with Crippen molar-refractivity contribution in [3.63, 3.8) is 0 Å². The van der Waals surface area contributed by atoms with Crippen LogP contribution in [-0.2, 0) is 14.2 Å². The molecule has 15 heavy (non-hydrogen) atoms. The second-order valence-electron chi connectivity index (χ2n) is 4.67. The van der Waals surface area contributed by atoms with Crippen molar-refractivity contribution in [2.75, 3.05) is 33.4 Å². The van der Waals surface area contributed by atoms with Gasteiger partial charge in [0, 0.05) is 20.3 Å². The maximum atomic E-state index is 5.67. The van der Waals surface area contributed by atoms with Crippen molar-refractivity contribution in [1.82, 2.24) is 5.32 Å². The minimum Gasteiger partial charge on any atom is -0.384 e. The van der Waals surface area contributed by atoms with Gasteiger partial charge in [0.15, 0.2) is 5.79 Å². The van der Waals surface area contributed by atoms with Gasteiger partial charge in [-0.1, -0.05) is 6.92 Å². The number of rotatable bonds is 6. The fourth-order valence-corrected chi connectivity index (χ4v) is 1.70. The van der Waals surface area contributed by atoms with Gasteiger partial charge in [0.05, 0.1) is 12.7 Å². The lowest BCUT2D eigenvalue weighted by molar-refractivity contribution is -0.137. The molecule has 1 fully saturated rings. The molecule has 0 aromatic heterocycles. The minimum atomic E-state index is -0.412. The first-order valence-electron chi connectivity index (χ1n) is 5.55. The fraction of sp³-hybridized carbons (Fsp3) is 1.00. The Bertz CT molecular complexity index is 185. The summed E-state index contributed by atoms with van der Waals surface area (Å²) in [6.45, 7) is 9.32. The molecule has 1 rings (SSSR count). The zero-order chi connectivity index (χ0) is 11.3. The predicted octanol–water partition coefficient (Wildman–Crippen LogP) is 1.01. The third-order valence-corrected chi connectivity index (χ3v) is 2.38. The van der Waals surface area contributed by atoms with Gasteiger partial charge in [-0.3, -0.25) is 0 Å². The zero-order valence-corrected chi connectivity index (χ0v) is 10.2. The van der Waals surface area contributed by atoms with Crippen LogP contribution in [0.3, 0.4) is 0 Å². The number of ether oxygens (including phenoxy) is 3. The Balaban J connectivity index is 2.06. The Morgan fingerprint density at radius 3 is 2.80 bits per heavy atom. The molecule has 2 unspecified atom stereocenters. The maximum absolute atomic E-state index is 5.67. The maximum Gasteiger partial charge on any atom is 0.163 e. The van der Waals surface area contributed by atoms with Crippen LogP contribution in [0.5, 0.6) is 0 Å². The smallest absolute Gasteiger partial charge is 0.163 e. The second-order valence-corrected chi connectivity index (χ2v) is 4.67. The molecule has 0 saturated carbocycles. The van der Waals surface area contributed by atoms with Crippen LogP contribution < -0.4 is 5.32 Å². The lowest BCUT2D eigenvalue weighted by Gasteiger charge is -2.18. The molecule has 1 aliphatic rings. The third kappa shape index (κ3) is 4.93. The molecule has 1 aliphatic heterocycles. The van der Waals surface area contributed by atoms with Crippen LogP contribution in [0.1, 0.15) is 20.8 Å². The molecule has 90 valence electrons. The molecule has 0 aliphatic carbocycles. The molecule has 0 spiro atoms. The van der Waals surface area contributed by atoms with Gasteiger partial charge in [0.2, 0.25) is 0 Å². The quantitative estimate of drug-likeness (QED) is 0.721. The van der Waals surface area contributed by atoms with Crippen LogP contribution in [0, 0.1) is 5.92 Å². The molecule has 0 aromatic carbocycles. The summed E-state index contributed by atoms with van der Waals surface area (Å²) in [4.78, 5) is 0. The standard InChI is InChI=1S/C11H23NO3/c1-9(7-13-4)5-12-6-10-8-14-11(2,3)15-10/h9-10,12H,5-8H2,1-4H3.